The maximum absolute atomic E-state index is 5.03. The highest BCUT2D eigenvalue weighted by Gasteiger charge is 2.23. The summed E-state index contributed by atoms with van der Waals surface area (Å²) in [6.07, 6.45) is 12.7. The number of pyridine rings is 2. The molecule has 0 radical (unpaired) electrons. The highest BCUT2D eigenvalue weighted by atomic mass is 28.2. The summed E-state index contributed by atoms with van der Waals surface area (Å²) in [7, 11) is -0.676. The Morgan fingerprint density at radius 3 is 1.94 bits per heavy atom. The lowest BCUT2D eigenvalue weighted by Gasteiger charge is -2.26. The van der Waals surface area contributed by atoms with Crippen molar-refractivity contribution in [3.05, 3.63) is 182 Å². The van der Waals surface area contributed by atoms with Gasteiger partial charge in [-0.15, -0.1) is 0 Å². The molecular formula is C47H34N4Si. The van der Waals surface area contributed by atoms with Gasteiger partial charge in [0.15, 0.2) is 0 Å². The van der Waals surface area contributed by atoms with Gasteiger partial charge in [0.25, 0.3) is 0 Å². The number of para-hydroxylation sites is 3. The topological polar surface area (TPSA) is 34.0 Å². The van der Waals surface area contributed by atoms with Crippen LogP contribution in [0.4, 0.5) is 11.4 Å². The van der Waals surface area contributed by atoms with E-state index in [1.54, 1.807) is 0 Å². The van der Waals surface area contributed by atoms with Gasteiger partial charge in [-0.05, 0) is 93.8 Å². The Kier molecular flexibility index (Phi) is 7.18. The minimum atomic E-state index is -0.676. The van der Waals surface area contributed by atoms with Crippen LogP contribution in [-0.4, -0.2) is 30.6 Å². The number of aromatic nitrogens is 3. The van der Waals surface area contributed by atoms with Gasteiger partial charge in [-0.3, -0.25) is 9.97 Å². The van der Waals surface area contributed by atoms with E-state index in [4.69, 9.17) is 9.97 Å². The summed E-state index contributed by atoms with van der Waals surface area (Å²) in [5.74, 6) is 0. The molecule has 0 spiro atoms. The van der Waals surface area contributed by atoms with Crippen molar-refractivity contribution in [2.24, 2.45) is 0 Å². The Balaban J connectivity index is 1.04. The van der Waals surface area contributed by atoms with Gasteiger partial charge in [-0.1, -0.05) is 97.6 Å². The first-order valence-corrected chi connectivity index (χ1v) is 19.2. The fourth-order valence-electron chi connectivity index (χ4n) is 7.90. The highest BCUT2D eigenvalue weighted by molar-refractivity contribution is 6.73. The number of allylic oxidation sites excluding steroid dienone is 4. The molecule has 10 rings (SSSR count). The fraction of sp³-hybridized carbons (Fsp3) is 0.0213. The van der Waals surface area contributed by atoms with E-state index < -0.39 is 9.52 Å². The van der Waals surface area contributed by atoms with Crippen LogP contribution in [-0.2, 0) is 0 Å². The average Bonchev–Trinajstić information content (AvgIpc) is 3.76. The lowest BCUT2D eigenvalue weighted by atomic mass is 9.97. The molecular weight excluding hydrogens is 649 g/mol. The van der Waals surface area contributed by atoms with Crippen molar-refractivity contribution < 1.29 is 0 Å². The fourth-order valence-corrected chi connectivity index (χ4v) is 9.65. The quantitative estimate of drug-likeness (QED) is 0.174. The third kappa shape index (κ3) is 5.05. The SMILES string of the molecule is C=C1/C=C\C=C/CN(c2ccccc2)c2ccc(-c3cc4c(cn3)[SiH2]c3cnc(-c5ccc6c(c5)c5ccccc5n6-c5ccccc5)cc3-4)cc21. The summed E-state index contributed by atoms with van der Waals surface area (Å²) in [5.41, 5.74) is 14.7. The normalized spacial score (nSPS) is 15.2. The smallest absolute Gasteiger partial charge is 0.0931 e. The van der Waals surface area contributed by atoms with Crippen molar-refractivity contribution in [1.82, 2.24) is 14.5 Å². The summed E-state index contributed by atoms with van der Waals surface area (Å²) in [6, 6.07) is 47.9. The zero-order chi connectivity index (χ0) is 34.6. The molecule has 0 N–H and O–H groups in total. The summed E-state index contributed by atoms with van der Waals surface area (Å²) in [6.45, 7) is 5.24. The minimum absolute atomic E-state index is 0.676. The average molecular weight is 683 g/mol. The molecule has 0 saturated carbocycles. The summed E-state index contributed by atoms with van der Waals surface area (Å²) in [5, 5.41) is 5.22. The van der Waals surface area contributed by atoms with Crippen LogP contribution >= 0.6 is 0 Å². The monoisotopic (exact) mass is 682 g/mol. The standard InChI is InChI=1S/C47H34N4Si/c1-31-13-5-4-12-24-50(34-14-6-2-7-15-34)43-22-20-32(25-37(31)43)41-27-39-40-28-42(49-30-47(40)52-46(39)29-48-41)33-21-23-45-38(26-33)36-18-10-11-19-44(36)51(45)35-16-8-3-9-17-35/h2-23,25-30H,1,24,52H2/b12-4-,13-5-. The molecule has 5 aromatic carbocycles. The molecule has 0 aliphatic carbocycles. The first-order chi connectivity index (χ1) is 25.7. The number of fused-ring (bicyclic) bond motifs is 7. The van der Waals surface area contributed by atoms with Gasteiger partial charge in [0.1, 0.15) is 0 Å². The van der Waals surface area contributed by atoms with Crippen molar-refractivity contribution in [3.8, 4) is 39.3 Å². The molecule has 246 valence electrons. The molecule has 5 heterocycles. The molecule has 2 aliphatic heterocycles. The predicted molar refractivity (Wildman–Crippen MR) is 221 cm³/mol. The molecule has 0 bridgehead atoms. The van der Waals surface area contributed by atoms with Crippen molar-refractivity contribution in [3.63, 3.8) is 0 Å². The van der Waals surface area contributed by atoms with E-state index in [0.717, 1.165) is 57.3 Å². The first kappa shape index (κ1) is 30.3. The second kappa shape index (κ2) is 12.3. The van der Waals surface area contributed by atoms with E-state index in [0.29, 0.717) is 0 Å². The van der Waals surface area contributed by atoms with Crippen LogP contribution in [0.1, 0.15) is 5.56 Å². The molecule has 5 heteroatoms. The maximum Gasteiger partial charge on any atom is 0.0931 e. The zero-order valence-electron chi connectivity index (χ0n) is 28.6. The molecule has 52 heavy (non-hydrogen) atoms. The second-order valence-electron chi connectivity index (χ2n) is 13.5. The van der Waals surface area contributed by atoms with Crippen LogP contribution in [0, 0.1) is 0 Å². The van der Waals surface area contributed by atoms with Crippen LogP contribution in [0.25, 0.3) is 66.7 Å². The Morgan fingerprint density at radius 1 is 0.558 bits per heavy atom. The Labute approximate surface area is 305 Å². The Morgan fingerprint density at radius 2 is 1.19 bits per heavy atom. The van der Waals surface area contributed by atoms with Crippen LogP contribution in [0.2, 0.25) is 0 Å². The van der Waals surface area contributed by atoms with Gasteiger partial charge in [-0.2, -0.15) is 0 Å². The largest absolute Gasteiger partial charge is 0.337 e. The van der Waals surface area contributed by atoms with Crippen molar-refractivity contribution in [2.75, 3.05) is 11.4 Å². The third-order valence-corrected chi connectivity index (χ3v) is 12.3. The van der Waals surface area contributed by atoms with Crippen molar-refractivity contribution in [1.29, 1.82) is 0 Å². The Bertz CT molecular complexity index is 2760. The van der Waals surface area contributed by atoms with Crippen LogP contribution in [0.5, 0.6) is 0 Å². The van der Waals surface area contributed by atoms with E-state index in [1.807, 2.05) is 0 Å². The third-order valence-electron chi connectivity index (χ3n) is 10.5. The summed E-state index contributed by atoms with van der Waals surface area (Å²) >= 11 is 0. The van der Waals surface area contributed by atoms with Crippen LogP contribution in [0.3, 0.4) is 0 Å². The molecule has 0 unspecified atom stereocenters. The van der Waals surface area contributed by atoms with Crippen LogP contribution < -0.4 is 15.3 Å². The second-order valence-corrected chi connectivity index (χ2v) is 15.4. The van der Waals surface area contributed by atoms with E-state index in [9.17, 15) is 0 Å². The zero-order valence-corrected chi connectivity index (χ0v) is 30.0. The van der Waals surface area contributed by atoms with E-state index in [2.05, 4.69) is 186 Å². The minimum Gasteiger partial charge on any atom is -0.337 e. The van der Waals surface area contributed by atoms with Gasteiger partial charge in [0.2, 0.25) is 0 Å². The molecule has 0 saturated heterocycles. The number of rotatable bonds is 4. The lowest BCUT2D eigenvalue weighted by molar-refractivity contribution is 1.09. The number of benzene rings is 5. The molecule has 4 nitrogen and oxygen atoms in total. The van der Waals surface area contributed by atoms with E-state index in [-0.39, 0.29) is 0 Å². The lowest BCUT2D eigenvalue weighted by Crippen LogP contribution is -2.21. The van der Waals surface area contributed by atoms with Gasteiger partial charge >= 0.3 is 0 Å². The Hall–Kier alpha value is -6.56. The maximum atomic E-state index is 5.03. The van der Waals surface area contributed by atoms with Crippen molar-refractivity contribution in [2.45, 2.75) is 0 Å². The van der Waals surface area contributed by atoms with Crippen LogP contribution in [0.15, 0.2) is 177 Å². The molecule has 0 amide bonds. The van der Waals surface area contributed by atoms with E-state index in [1.165, 1.54) is 43.3 Å². The highest BCUT2D eigenvalue weighted by Crippen LogP contribution is 2.38. The summed E-state index contributed by atoms with van der Waals surface area (Å²) < 4.78 is 2.36. The van der Waals surface area contributed by atoms with Gasteiger partial charge in [-0.25, -0.2) is 0 Å². The molecule has 0 atom stereocenters. The van der Waals surface area contributed by atoms with Gasteiger partial charge in [0, 0.05) is 63.5 Å². The summed E-state index contributed by atoms with van der Waals surface area (Å²) in [4.78, 5) is 12.4. The first-order valence-electron chi connectivity index (χ1n) is 17.8. The number of hydrogen-bond donors (Lipinski definition) is 0. The molecule has 2 aliphatic rings. The number of hydrogen-bond acceptors (Lipinski definition) is 3. The molecule has 3 aromatic heterocycles. The molecule has 0 fully saturated rings. The van der Waals surface area contributed by atoms with Gasteiger partial charge < -0.3 is 9.47 Å². The molecule has 8 aromatic rings. The van der Waals surface area contributed by atoms with Crippen molar-refractivity contribution >= 4 is 58.6 Å². The van der Waals surface area contributed by atoms with Gasteiger partial charge in [0.05, 0.1) is 31.9 Å². The number of anilines is 2. The number of nitrogens with zero attached hydrogens (tertiary/aromatic N) is 4. The predicted octanol–water partition coefficient (Wildman–Crippen LogP) is 9.29. The van der Waals surface area contributed by atoms with E-state index >= 15 is 0 Å².